The summed E-state index contributed by atoms with van der Waals surface area (Å²) in [4.78, 5) is 15.5. The van der Waals surface area contributed by atoms with E-state index in [0.717, 1.165) is 10.2 Å². The summed E-state index contributed by atoms with van der Waals surface area (Å²) >= 11 is 2.57. The Bertz CT molecular complexity index is 396. The van der Waals surface area contributed by atoms with Crippen LogP contribution in [0.4, 0.5) is 0 Å². The second kappa shape index (κ2) is 5.35. The number of hydrogen-bond acceptors (Lipinski definition) is 5. The molecule has 0 aliphatic carbocycles. The largest absolute Gasteiger partial charge is 0.480 e. The minimum Gasteiger partial charge on any atom is -0.480 e. The maximum Gasteiger partial charge on any atom is 0.317 e. The van der Waals surface area contributed by atoms with E-state index in [1.165, 1.54) is 23.3 Å². The summed E-state index contributed by atoms with van der Waals surface area (Å²) in [5.74, 6) is 0.0508. The first-order valence-electron chi connectivity index (χ1n) is 5.45. The number of aromatic nitrogens is 2. The zero-order valence-corrected chi connectivity index (χ0v) is 12.4. The molecule has 0 fully saturated rings. The SMILES string of the molecule is CC(C)C(Sc1nc(C(C)(C)C)ns1)C(=O)O. The first kappa shape index (κ1) is 14.4. The van der Waals surface area contributed by atoms with Gasteiger partial charge in [0.1, 0.15) is 11.1 Å². The first-order valence-corrected chi connectivity index (χ1v) is 7.10. The van der Waals surface area contributed by atoms with Gasteiger partial charge in [-0.2, -0.15) is 4.37 Å². The highest BCUT2D eigenvalue weighted by atomic mass is 32.2. The van der Waals surface area contributed by atoms with Gasteiger partial charge in [-0.05, 0) is 17.5 Å². The Labute approximate surface area is 110 Å². The molecule has 1 unspecified atom stereocenters. The number of aliphatic carboxylic acids is 1. The van der Waals surface area contributed by atoms with Crippen molar-refractivity contribution in [3.63, 3.8) is 0 Å². The summed E-state index contributed by atoms with van der Waals surface area (Å²) in [7, 11) is 0. The highest BCUT2D eigenvalue weighted by Crippen LogP contribution is 2.31. The number of carboxylic acids is 1. The van der Waals surface area contributed by atoms with E-state index in [-0.39, 0.29) is 11.3 Å². The molecule has 0 bridgehead atoms. The lowest BCUT2D eigenvalue weighted by atomic mass is 9.96. The fraction of sp³-hybridized carbons (Fsp3) is 0.727. The lowest BCUT2D eigenvalue weighted by Crippen LogP contribution is -2.22. The van der Waals surface area contributed by atoms with E-state index in [1.807, 2.05) is 34.6 Å². The molecule has 0 aromatic carbocycles. The quantitative estimate of drug-likeness (QED) is 0.855. The molecule has 1 aromatic heterocycles. The van der Waals surface area contributed by atoms with Crippen molar-refractivity contribution in [2.24, 2.45) is 5.92 Å². The van der Waals surface area contributed by atoms with E-state index in [0.29, 0.717) is 0 Å². The molecule has 1 rings (SSSR count). The number of carbonyl (C=O) groups is 1. The normalized spacial score (nSPS) is 14.0. The first-order chi connectivity index (χ1) is 7.71. The van der Waals surface area contributed by atoms with E-state index >= 15 is 0 Å². The molecule has 1 aromatic rings. The number of hydrogen-bond donors (Lipinski definition) is 1. The second-order valence-electron chi connectivity index (χ2n) is 5.25. The molecular weight excluding hydrogens is 256 g/mol. The number of thioether (sulfide) groups is 1. The van der Waals surface area contributed by atoms with Crippen molar-refractivity contribution in [2.75, 3.05) is 0 Å². The van der Waals surface area contributed by atoms with Gasteiger partial charge in [-0.25, -0.2) is 4.98 Å². The van der Waals surface area contributed by atoms with Crippen molar-refractivity contribution in [2.45, 2.75) is 49.6 Å². The third-order valence-corrected chi connectivity index (χ3v) is 4.47. The van der Waals surface area contributed by atoms with Crippen LogP contribution in [0.5, 0.6) is 0 Å². The van der Waals surface area contributed by atoms with Crippen molar-refractivity contribution in [3.8, 4) is 0 Å². The van der Waals surface area contributed by atoms with Crippen LogP contribution in [0.1, 0.15) is 40.4 Å². The summed E-state index contributed by atoms with van der Waals surface area (Å²) in [6, 6.07) is 0. The lowest BCUT2D eigenvalue weighted by molar-refractivity contribution is -0.137. The fourth-order valence-corrected chi connectivity index (χ4v) is 3.07. The van der Waals surface area contributed by atoms with Gasteiger partial charge in [0.25, 0.3) is 0 Å². The van der Waals surface area contributed by atoms with E-state index in [4.69, 9.17) is 5.11 Å². The molecule has 0 radical (unpaired) electrons. The van der Waals surface area contributed by atoms with Gasteiger partial charge in [-0.3, -0.25) is 4.79 Å². The van der Waals surface area contributed by atoms with Crippen LogP contribution in [0.25, 0.3) is 0 Å². The molecule has 1 N–H and O–H groups in total. The van der Waals surface area contributed by atoms with Crippen LogP contribution in [-0.2, 0) is 10.2 Å². The van der Waals surface area contributed by atoms with Crippen molar-refractivity contribution in [1.82, 2.24) is 9.36 Å². The van der Waals surface area contributed by atoms with Gasteiger partial charge in [0.05, 0.1) is 0 Å². The predicted octanol–water partition coefficient (Wildman–Crippen LogP) is 3.04. The molecule has 0 amide bonds. The maximum atomic E-state index is 11.1. The van der Waals surface area contributed by atoms with Crippen LogP contribution in [0.2, 0.25) is 0 Å². The summed E-state index contributed by atoms with van der Waals surface area (Å²) in [6.45, 7) is 9.93. The van der Waals surface area contributed by atoms with Crippen LogP contribution in [0, 0.1) is 5.92 Å². The van der Waals surface area contributed by atoms with Crippen LogP contribution in [0.3, 0.4) is 0 Å². The number of nitrogens with zero attached hydrogens (tertiary/aromatic N) is 2. The van der Waals surface area contributed by atoms with Gasteiger partial charge in [0.15, 0.2) is 4.34 Å². The van der Waals surface area contributed by atoms with E-state index in [2.05, 4.69) is 9.36 Å². The number of carboxylic acid groups (broad SMARTS) is 1. The van der Waals surface area contributed by atoms with Gasteiger partial charge >= 0.3 is 5.97 Å². The highest BCUT2D eigenvalue weighted by molar-refractivity contribution is 8.02. The molecule has 4 nitrogen and oxygen atoms in total. The monoisotopic (exact) mass is 274 g/mol. The average Bonchev–Trinajstić information content (AvgIpc) is 2.60. The minimum absolute atomic E-state index is 0.0690. The second-order valence-corrected chi connectivity index (χ2v) is 7.40. The standard InChI is InChI=1S/C11H18N2O2S2/c1-6(2)7(8(14)15)16-10-12-9(13-17-10)11(3,4)5/h6-7H,1-5H3,(H,14,15). The molecule has 1 heterocycles. The van der Waals surface area contributed by atoms with Crippen molar-refractivity contribution < 1.29 is 9.90 Å². The summed E-state index contributed by atoms with van der Waals surface area (Å²) in [5, 5.41) is 8.65. The molecule has 0 saturated heterocycles. The lowest BCUT2D eigenvalue weighted by Gasteiger charge is -2.14. The minimum atomic E-state index is -0.794. The Morgan fingerprint density at radius 1 is 1.41 bits per heavy atom. The van der Waals surface area contributed by atoms with Gasteiger partial charge in [-0.15, -0.1) is 0 Å². The predicted molar refractivity (Wildman–Crippen MR) is 70.7 cm³/mol. The Balaban J connectivity index is 2.81. The zero-order valence-electron chi connectivity index (χ0n) is 10.7. The van der Waals surface area contributed by atoms with Crippen molar-refractivity contribution in [1.29, 1.82) is 0 Å². The molecular formula is C11H18N2O2S2. The molecule has 0 spiro atoms. The molecule has 1 atom stereocenters. The molecule has 17 heavy (non-hydrogen) atoms. The van der Waals surface area contributed by atoms with Crippen molar-refractivity contribution in [3.05, 3.63) is 5.82 Å². The van der Waals surface area contributed by atoms with Gasteiger partial charge in [-0.1, -0.05) is 46.4 Å². The van der Waals surface area contributed by atoms with Crippen molar-refractivity contribution >= 4 is 29.3 Å². The van der Waals surface area contributed by atoms with Crippen LogP contribution >= 0.6 is 23.3 Å². The van der Waals surface area contributed by atoms with Crippen LogP contribution in [-0.4, -0.2) is 25.7 Å². The van der Waals surface area contributed by atoms with E-state index in [1.54, 1.807) is 0 Å². The molecule has 6 heteroatoms. The van der Waals surface area contributed by atoms with E-state index < -0.39 is 11.2 Å². The van der Waals surface area contributed by atoms with Gasteiger partial charge in [0, 0.05) is 5.41 Å². The third kappa shape index (κ3) is 3.96. The average molecular weight is 274 g/mol. The Morgan fingerprint density at radius 3 is 2.35 bits per heavy atom. The smallest absolute Gasteiger partial charge is 0.317 e. The number of rotatable bonds is 4. The van der Waals surface area contributed by atoms with Gasteiger partial charge < -0.3 is 5.11 Å². The Hall–Kier alpha value is -0.620. The maximum absolute atomic E-state index is 11.1. The van der Waals surface area contributed by atoms with Gasteiger partial charge in [0.2, 0.25) is 0 Å². The summed E-state index contributed by atoms with van der Waals surface area (Å²) < 4.78 is 5.01. The Kier molecular flexibility index (Phi) is 4.55. The highest BCUT2D eigenvalue weighted by Gasteiger charge is 2.26. The zero-order chi connectivity index (χ0) is 13.2. The molecule has 0 aliphatic rings. The fourth-order valence-electron chi connectivity index (χ4n) is 1.14. The summed E-state index contributed by atoms with van der Waals surface area (Å²) in [5.41, 5.74) is -0.0914. The Morgan fingerprint density at radius 2 is 2.00 bits per heavy atom. The molecule has 96 valence electrons. The topological polar surface area (TPSA) is 63.1 Å². The molecule has 0 saturated carbocycles. The third-order valence-electron chi connectivity index (χ3n) is 2.15. The van der Waals surface area contributed by atoms with E-state index in [9.17, 15) is 4.79 Å². The van der Waals surface area contributed by atoms with Crippen LogP contribution < -0.4 is 0 Å². The molecule has 0 aliphatic heterocycles. The summed E-state index contributed by atoms with van der Waals surface area (Å²) in [6.07, 6.45) is 0. The van der Waals surface area contributed by atoms with Crippen LogP contribution in [0.15, 0.2) is 4.34 Å².